The van der Waals surface area contributed by atoms with Crippen molar-refractivity contribution in [3.05, 3.63) is 53.2 Å². The number of anilines is 5. The van der Waals surface area contributed by atoms with Gasteiger partial charge in [0.2, 0.25) is 5.95 Å². The van der Waals surface area contributed by atoms with Crippen molar-refractivity contribution >= 4 is 52.9 Å². The number of aryl methyl sites for hydroxylation is 1. The van der Waals surface area contributed by atoms with Crippen LogP contribution >= 0.6 is 18.7 Å². The van der Waals surface area contributed by atoms with E-state index in [1.807, 2.05) is 24.3 Å². The quantitative estimate of drug-likeness (QED) is 0.284. The van der Waals surface area contributed by atoms with Gasteiger partial charge in [0.15, 0.2) is 5.82 Å². The van der Waals surface area contributed by atoms with Gasteiger partial charge in [-0.2, -0.15) is 4.98 Å². The number of piperidine rings is 1. The standard InChI is InChI=1S/C30H41ClN7O2P/c1-5-21-18-25(27(40-2)19-26(21)38-14-10-22(11-15-38)37-16-12-32-13-17-37)35-30-33-20-23(31)29(36-30)34-24-8-6-7-9-28(24)41(3,4)39/h6-9,18-20,22,32H,5,10-17H2,1-4H3,(H2,33,34,35,36). The van der Waals surface area contributed by atoms with Crippen molar-refractivity contribution < 1.29 is 9.30 Å². The molecule has 2 aliphatic heterocycles. The molecular formula is C30H41ClN7O2P. The Hall–Kier alpha value is -2.84. The highest BCUT2D eigenvalue weighted by Gasteiger charge is 2.27. The van der Waals surface area contributed by atoms with Gasteiger partial charge in [0.05, 0.1) is 24.7 Å². The number of piperazine rings is 1. The van der Waals surface area contributed by atoms with Gasteiger partial charge in [-0.25, -0.2) is 4.98 Å². The summed E-state index contributed by atoms with van der Waals surface area (Å²) in [7, 11) is -0.824. The molecule has 3 N–H and O–H groups in total. The van der Waals surface area contributed by atoms with Gasteiger partial charge in [-0.1, -0.05) is 30.7 Å². The van der Waals surface area contributed by atoms with E-state index in [4.69, 9.17) is 16.3 Å². The maximum absolute atomic E-state index is 12.8. The van der Waals surface area contributed by atoms with E-state index in [9.17, 15) is 4.57 Å². The first-order chi connectivity index (χ1) is 19.8. The Balaban J connectivity index is 1.35. The first kappa shape index (κ1) is 29.6. The Kier molecular flexibility index (Phi) is 9.39. The van der Waals surface area contributed by atoms with Crippen molar-refractivity contribution in [1.82, 2.24) is 20.2 Å². The average molecular weight is 598 g/mol. The van der Waals surface area contributed by atoms with Crippen LogP contribution in [0.3, 0.4) is 0 Å². The van der Waals surface area contributed by atoms with Crippen LogP contribution in [0.5, 0.6) is 5.75 Å². The molecule has 2 fully saturated rings. The van der Waals surface area contributed by atoms with Gasteiger partial charge in [0.1, 0.15) is 17.9 Å². The summed E-state index contributed by atoms with van der Waals surface area (Å²) in [5.74, 6) is 1.55. The molecule has 11 heteroatoms. The smallest absolute Gasteiger partial charge is 0.229 e. The number of benzene rings is 2. The summed E-state index contributed by atoms with van der Waals surface area (Å²) in [4.78, 5) is 14.2. The van der Waals surface area contributed by atoms with E-state index in [1.165, 1.54) is 24.1 Å². The van der Waals surface area contributed by atoms with Gasteiger partial charge in [0.25, 0.3) is 0 Å². The van der Waals surface area contributed by atoms with Crippen LogP contribution < -0.4 is 30.9 Å². The number of hydrogen-bond acceptors (Lipinski definition) is 9. The fourth-order valence-electron chi connectivity index (χ4n) is 5.79. The molecule has 0 spiro atoms. The van der Waals surface area contributed by atoms with E-state index < -0.39 is 7.14 Å². The largest absolute Gasteiger partial charge is 0.494 e. The second-order valence-electron chi connectivity index (χ2n) is 11.0. The fourth-order valence-corrected chi connectivity index (χ4v) is 7.08. The Morgan fingerprint density at radius 3 is 2.49 bits per heavy atom. The second kappa shape index (κ2) is 13.0. The molecule has 3 aromatic rings. The molecule has 0 radical (unpaired) electrons. The topological polar surface area (TPSA) is 94.6 Å². The number of nitrogens with one attached hydrogen (secondary N) is 3. The second-order valence-corrected chi connectivity index (χ2v) is 14.6. The molecular weight excluding hydrogens is 557 g/mol. The minimum absolute atomic E-state index is 0.369. The Labute approximate surface area is 248 Å². The van der Waals surface area contributed by atoms with E-state index in [1.54, 1.807) is 26.6 Å². The van der Waals surface area contributed by atoms with Crippen molar-refractivity contribution in [1.29, 1.82) is 0 Å². The molecule has 0 aliphatic carbocycles. The number of aromatic nitrogens is 2. The third-order valence-corrected chi connectivity index (χ3v) is 9.81. The summed E-state index contributed by atoms with van der Waals surface area (Å²) in [6, 6.07) is 12.5. The van der Waals surface area contributed by atoms with Crippen LogP contribution in [-0.2, 0) is 11.0 Å². The molecule has 3 heterocycles. The lowest BCUT2D eigenvalue weighted by Gasteiger charge is -2.41. The number of para-hydroxylation sites is 1. The monoisotopic (exact) mass is 597 g/mol. The Morgan fingerprint density at radius 2 is 1.80 bits per heavy atom. The first-order valence-electron chi connectivity index (χ1n) is 14.4. The molecule has 9 nitrogen and oxygen atoms in total. The van der Waals surface area contributed by atoms with Crippen LogP contribution in [0.15, 0.2) is 42.6 Å². The molecule has 0 atom stereocenters. The maximum atomic E-state index is 12.8. The van der Waals surface area contributed by atoms with Gasteiger partial charge in [-0.3, -0.25) is 4.90 Å². The van der Waals surface area contributed by atoms with Crippen molar-refractivity contribution in [3.63, 3.8) is 0 Å². The van der Waals surface area contributed by atoms with Gasteiger partial charge in [-0.05, 0) is 56.4 Å². The summed E-state index contributed by atoms with van der Waals surface area (Å²) in [6.45, 7) is 12.2. The number of halogens is 1. The van der Waals surface area contributed by atoms with Gasteiger partial charge < -0.3 is 30.2 Å². The summed E-state index contributed by atoms with van der Waals surface area (Å²) in [5.41, 5.74) is 3.98. The van der Waals surface area contributed by atoms with Crippen LogP contribution in [0.1, 0.15) is 25.3 Å². The molecule has 2 aliphatic rings. The van der Waals surface area contributed by atoms with Crippen LogP contribution in [0.25, 0.3) is 0 Å². The third-order valence-electron chi connectivity index (χ3n) is 7.98. The van der Waals surface area contributed by atoms with Crippen LogP contribution in [0, 0.1) is 0 Å². The lowest BCUT2D eigenvalue weighted by atomic mass is 9.99. The highest BCUT2D eigenvalue weighted by atomic mass is 35.5. The normalized spacial score (nSPS) is 17.0. The number of hydrogen-bond donors (Lipinski definition) is 3. The molecule has 2 saturated heterocycles. The molecule has 1 aromatic heterocycles. The van der Waals surface area contributed by atoms with E-state index >= 15 is 0 Å². The summed E-state index contributed by atoms with van der Waals surface area (Å²) in [5, 5.41) is 11.2. The van der Waals surface area contributed by atoms with E-state index in [-0.39, 0.29) is 0 Å². The van der Waals surface area contributed by atoms with Crippen LogP contribution in [0.2, 0.25) is 5.02 Å². The van der Waals surface area contributed by atoms with Crippen molar-refractivity contribution in [2.24, 2.45) is 0 Å². The molecule has 0 unspecified atom stereocenters. The highest BCUT2D eigenvalue weighted by Crippen LogP contribution is 2.39. The Bertz CT molecular complexity index is 1400. The molecule has 0 bridgehead atoms. The van der Waals surface area contributed by atoms with Crippen molar-refractivity contribution in [3.8, 4) is 5.75 Å². The summed E-state index contributed by atoms with van der Waals surface area (Å²) < 4.78 is 18.7. The average Bonchev–Trinajstić information content (AvgIpc) is 2.99. The van der Waals surface area contributed by atoms with Gasteiger partial charge in [-0.15, -0.1) is 0 Å². The van der Waals surface area contributed by atoms with Crippen LogP contribution in [-0.4, -0.2) is 80.6 Å². The first-order valence-corrected chi connectivity index (χ1v) is 17.4. The number of methoxy groups -OCH3 is 1. The minimum atomic E-state index is -2.51. The summed E-state index contributed by atoms with van der Waals surface area (Å²) in [6.07, 6.45) is 4.80. The zero-order chi connectivity index (χ0) is 29.0. The predicted molar refractivity (Wildman–Crippen MR) is 171 cm³/mol. The molecule has 41 heavy (non-hydrogen) atoms. The molecule has 5 rings (SSSR count). The minimum Gasteiger partial charge on any atom is -0.494 e. The Morgan fingerprint density at radius 1 is 1.07 bits per heavy atom. The molecule has 0 saturated carbocycles. The predicted octanol–water partition coefficient (Wildman–Crippen LogP) is 5.31. The number of ether oxygens (including phenoxy) is 1. The number of nitrogens with zero attached hydrogens (tertiary/aromatic N) is 4. The molecule has 2 aromatic carbocycles. The fraction of sp³-hybridized carbons (Fsp3) is 0.467. The van der Waals surface area contributed by atoms with E-state index in [2.05, 4.69) is 54.8 Å². The molecule has 0 amide bonds. The maximum Gasteiger partial charge on any atom is 0.229 e. The summed E-state index contributed by atoms with van der Waals surface area (Å²) >= 11 is 6.47. The van der Waals surface area contributed by atoms with Crippen molar-refractivity contribution in [2.45, 2.75) is 32.2 Å². The lowest BCUT2D eigenvalue weighted by molar-refractivity contribution is 0.150. The van der Waals surface area contributed by atoms with Gasteiger partial charge in [0, 0.05) is 62.4 Å². The molecule has 220 valence electrons. The third kappa shape index (κ3) is 6.97. The SMILES string of the molecule is CCc1cc(Nc2ncc(Cl)c(Nc3ccccc3P(C)(C)=O)n2)c(OC)cc1N1CCC(N2CCNCC2)CC1. The highest BCUT2D eigenvalue weighted by molar-refractivity contribution is 7.70. The zero-order valence-corrected chi connectivity index (χ0v) is 26.1. The van der Waals surface area contributed by atoms with Gasteiger partial charge >= 0.3 is 0 Å². The van der Waals surface area contributed by atoms with Crippen LogP contribution in [0.4, 0.5) is 28.8 Å². The lowest BCUT2D eigenvalue weighted by Crippen LogP contribution is -2.52. The van der Waals surface area contributed by atoms with Crippen molar-refractivity contribution in [2.75, 3.05) is 75.2 Å². The van der Waals surface area contributed by atoms with E-state index in [0.717, 1.165) is 62.4 Å². The zero-order valence-electron chi connectivity index (χ0n) is 24.4. The number of rotatable bonds is 9. The van der Waals surface area contributed by atoms with E-state index in [0.29, 0.717) is 28.5 Å².